The highest BCUT2D eigenvalue weighted by molar-refractivity contribution is 6.15. The maximum atomic E-state index is 11.8. The minimum atomic E-state index is -0.547. The molecule has 0 aromatic rings. The molecule has 152 valence electrons. The molecular weight excluding hydrogens is 323 g/mol. The molecule has 0 aromatic heterocycles. The number of nitrogens with one attached hydrogen (secondary N) is 2. The summed E-state index contributed by atoms with van der Waals surface area (Å²) in [5.41, 5.74) is 2.60. The fraction of sp³-hybridized carbons (Fsp3) is 0.952. The van der Waals surface area contributed by atoms with E-state index in [1.807, 2.05) is 6.92 Å². The molecular formula is C21H43BN2O2. The van der Waals surface area contributed by atoms with E-state index in [2.05, 4.69) is 17.7 Å². The van der Waals surface area contributed by atoms with Gasteiger partial charge in [-0.1, -0.05) is 90.9 Å². The summed E-state index contributed by atoms with van der Waals surface area (Å²) in [4.78, 5) is 16.9. The molecule has 1 atom stereocenters. The van der Waals surface area contributed by atoms with Crippen molar-refractivity contribution in [2.75, 3.05) is 20.2 Å². The van der Waals surface area contributed by atoms with E-state index in [1.54, 1.807) is 7.05 Å². The molecule has 0 heterocycles. The lowest BCUT2D eigenvalue weighted by Gasteiger charge is -2.24. The van der Waals surface area contributed by atoms with Crippen LogP contribution in [-0.2, 0) is 9.63 Å². The Kier molecular flexibility index (Phi) is 17.5. The van der Waals surface area contributed by atoms with E-state index < -0.39 is 5.31 Å². The van der Waals surface area contributed by atoms with Gasteiger partial charge in [0.1, 0.15) is 0 Å². The topological polar surface area (TPSA) is 50.4 Å². The van der Waals surface area contributed by atoms with Gasteiger partial charge in [0.25, 0.3) is 0 Å². The first kappa shape index (κ1) is 25.5. The lowest BCUT2D eigenvalue weighted by atomic mass is 9.71. The first-order valence-corrected chi connectivity index (χ1v) is 10.9. The molecule has 0 saturated heterocycles. The molecule has 0 aliphatic rings. The lowest BCUT2D eigenvalue weighted by molar-refractivity contribution is -0.121. The van der Waals surface area contributed by atoms with Crippen LogP contribution in [0.2, 0.25) is 5.31 Å². The van der Waals surface area contributed by atoms with Crippen molar-refractivity contribution in [3.8, 4) is 0 Å². The van der Waals surface area contributed by atoms with Crippen LogP contribution >= 0.6 is 0 Å². The van der Waals surface area contributed by atoms with E-state index in [0.717, 1.165) is 12.8 Å². The van der Waals surface area contributed by atoms with Gasteiger partial charge in [-0.2, -0.15) is 0 Å². The van der Waals surface area contributed by atoms with Gasteiger partial charge in [-0.15, -0.1) is 0 Å². The summed E-state index contributed by atoms with van der Waals surface area (Å²) in [7, 11) is 7.74. The largest absolute Gasteiger partial charge is 0.356 e. The molecule has 0 aromatic carbocycles. The van der Waals surface area contributed by atoms with Gasteiger partial charge in [-0.05, 0) is 11.7 Å². The van der Waals surface area contributed by atoms with Gasteiger partial charge >= 0.3 is 0 Å². The smallest absolute Gasteiger partial charge is 0.219 e. The fourth-order valence-corrected chi connectivity index (χ4v) is 2.98. The van der Waals surface area contributed by atoms with Crippen LogP contribution in [-0.4, -0.2) is 34.0 Å². The summed E-state index contributed by atoms with van der Waals surface area (Å²) in [6, 6.07) is 0. The van der Waals surface area contributed by atoms with Crippen molar-refractivity contribution in [3.63, 3.8) is 0 Å². The first-order valence-electron chi connectivity index (χ1n) is 10.9. The normalized spacial score (nSPS) is 13.5. The van der Waals surface area contributed by atoms with E-state index in [-0.39, 0.29) is 5.91 Å². The number of carbonyl (C=O) groups excluding carboxylic acids is 1. The van der Waals surface area contributed by atoms with Crippen molar-refractivity contribution < 1.29 is 9.63 Å². The summed E-state index contributed by atoms with van der Waals surface area (Å²) in [6.45, 7) is 4.94. The van der Waals surface area contributed by atoms with Gasteiger partial charge in [-0.3, -0.25) is 4.79 Å². The number of hydrogen-bond donors (Lipinski definition) is 2. The summed E-state index contributed by atoms with van der Waals surface area (Å²) in [6.07, 6.45) is 17.8. The van der Waals surface area contributed by atoms with Crippen LogP contribution in [0.5, 0.6) is 0 Å². The maximum Gasteiger partial charge on any atom is 0.219 e. The third-order valence-electron chi connectivity index (χ3n) is 4.74. The average Bonchev–Trinajstić information content (AvgIpc) is 2.62. The molecule has 0 aliphatic heterocycles. The van der Waals surface area contributed by atoms with E-state index in [1.165, 1.54) is 70.6 Å². The molecule has 2 N–H and O–H groups in total. The lowest BCUT2D eigenvalue weighted by Crippen LogP contribution is -2.35. The standard InChI is InChI=1S/C21H43BN2O2/c1-4-5-6-7-8-9-10-11-12-13-14-15-16-17-20(25)24-18-21(2,22)19-26-23-3/h23H,4-19H2,1-3H3,(H,24,25). The minimum Gasteiger partial charge on any atom is -0.356 e. The average molecular weight is 366 g/mol. The maximum absolute atomic E-state index is 11.8. The van der Waals surface area contributed by atoms with Crippen LogP contribution in [0.15, 0.2) is 0 Å². The highest BCUT2D eigenvalue weighted by Crippen LogP contribution is 2.18. The Labute approximate surface area is 164 Å². The van der Waals surface area contributed by atoms with E-state index in [0.29, 0.717) is 19.6 Å². The Morgan fingerprint density at radius 1 is 0.885 bits per heavy atom. The van der Waals surface area contributed by atoms with Crippen molar-refractivity contribution in [3.05, 3.63) is 0 Å². The van der Waals surface area contributed by atoms with Crippen LogP contribution < -0.4 is 10.8 Å². The Balaban J connectivity index is 3.33. The van der Waals surface area contributed by atoms with E-state index >= 15 is 0 Å². The Morgan fingerprint density at radius 3 is 1.81 bits per heavy atom. The zero-order chi connectivity index (χ0) is 19.5. The van der Waals surface area contributed by atoms with Crippen LogP contribution in [0.1, 0.15) is 104 Å². The Bertz CT molecular complexity index is 325. The molecule has 1 unspecified atom stereocenters. The third-order valence-corrected chi connectivity index (χ3v) is 4.74. The molecule has 4 nitrogen and oxygen atoms in total. The second-order valence-electron chi connectivity index (χ2n) is 7.92. The van der Waals surface area contributed by atoms with Crippen molar-refractivity contribution in [2.45, 2.75) is 109 Å². The number of hydroxylamine groups is 1. The molecule has 0 bridgehead atoms. The monoisotopic (exact) mass is 366 g/mol. The van der Waals surface area contributed by atoms with Gasteiger partial charge in [-0.25, -0.2) is 5.48 Å². The van der Waals surface area contributed by atoms with E-state index in [4.69, 9.17) is 12.7 Å². The Morgan fingerprint density at radius 2 is 1.35 bits per heavy atom. The number of rotatable bonds is 19. The number of carbonyl (C=O) groups is 1. The van der Waals surface area contributed by atoms with Crippen LogP contribution in [0, 0.1) is 0 Å². The second-order valence-corrected chi connectivity index (χ2v) is 7.92. The van der Waals surface area contributed by atoms with Gasteiger partial charge in [0, 0.05) is 20.0 Å². The van der Waals surface area contributed by atoms with Crippen molar-refractivity contribution in [2.24, 2.45) is 0 Å². The Hall–Kier alpha value is -0.545. The van der Waals surface area contributed by atoms with Crippen LogP contribution in [0.3, 0.4) is 0 Å². The van der Waals surface area contributed by atoms with Crippen LogP contribution in [0.4, 0.5) is 0 Å². The molecule has 1 amide bonds. The number of amides is 1. The molecule has 0 aliphatic carbocycles. The second kappa shape index (κ2) is 17.8. The quantitative estimate of drug-likeness (QED) is 0.190. The summed E-state index contributed by atoms with van der Waals surface area (Å²) >= 11 is 0. The van der Waals surface area contributed by atoms with Gasteiger partial charge in [0.2, 0.25) is 5.91 Å². The van der Waals surface area contributed by atoms with Crippen molar-refractivity contribution >= 4 is 13.8 Å². The zero-order valence-electron chi connectivity index (χ0n) is 17.7. The third kappa shape index (κ3) is 18.3. The summed E-state index contributed by atoms with van der Waals surface area (Å²) < 4.78 is 0. The first-order chi connectivity index (χ1) is 12.5. The molecule has 0 fully saturated rings. The molecule has 0 saturated carbocycles. The van der Waals surface area contributed by atoms with Gasteiger partial charge in [0.05, 0.1) is 14.5 Å². The summed E-state index contributed by atoms with van der Waals surface area (Å²) in [5, 5.41) is 2.36. The molecule has 5 heteroatoms. The summed E-state index contributed by atoms with van der Waals surface area (Å²) in [5.74, 6) is 0.0919. The van der Waals surface area contributed by atoms with Crippen molar-refractivity contribution in [1.82, 2.24) is 10.8 Å². The predicted molar refractivity (Wildman–Crippen MR) is 112 cm³/mol. The molecule has 0 rings (SSSR count). The highest BCUT2D eigenvalue weighted by atomic mass is 16.6. The highest BCUT2D eigenvalue weighted by Gasteiger charge is 2.18. The van der Waals surface area contributed by atoms with Crippen LogP contribution in [0.25, 0.3) is 0 Å². The number of hydrogen-bond acceptors (Lipinski definition) is 3. The zero-order valence-corrected chi connectivity index (χ0v) is 17.7. The van der Waals surface area contributed by atoms with E-state index in [9.17, 15) is 4.79 Å². The molecule has 0 spiro atoms. The molecule has 2 radical (unpaired) electrons. The predicted octanol–water partition coefficient (Wildman–Crippen LogP) is 5.08. The number of unbranched alkanes of at least 4 members (excludes halogenated alkanes) is 12. The van der Waals surface area contributed by atoms with Crippen molar-refractivity contribution in [1.29, 1.82) is 0 Å². The minimum absolute atomic E-state index is 0.0919. The fourth-order valence-electron chi connectivity index (χ4n) is 2.98. The van der Waals surface area contributed by atoms with Gasteiger partial charge < -0.3 is 10.2 Å². The van der Waals surface area contributed by atoms with Gasteiger partial charge in [0.15, 0.2) is 0 Å². The molecule has 26 heavy (non-hydrogen) atoms. The SMILES string of the molecule is [B]C(C)(CNC(=O)CCCCCCCCCCCCCCC)CONC.